The van der Waals surface area contributed by atoms with Gasteiger partial charge in [-0.1, -0.05) is 0 Å². The molecule has 1 aliphatic heterocycles. The van der Waals surface area contributed by atoms with E-state index >= 15 is 0 Å². The van der Waals surface area contributed by atoms with E-state index in [9.17, 15) is 0 Å². The van der Waals surface area contributed by atoms with Gasteiger partial charge in [-0.2, -0.15) is 0 Å². The van der Waals surface area contributed by atoms with Crippen molar-refractivity contribution in [1.29, 1.82) is 0 Å². The van der Waals surface area contributed by atoms with Gasteiger partial charge in [-0.3, -0.25) is 0 Å². The second kappa shape index (κ2) is 5.55. The molecule has 4 heteroatoms. The minimum atomic E-state index is 0.815. The second-order valence-electron chi connectivity index (χ2n) is 3.98. The molecular weight excluding hydrogens is 330 g/mol. The van der Waals surface area contributed by atoms with E-state index in [0.717, 1.165) is 40.2 Å². The van der Waals surface area contributed by atoms with E-state index in [4.69, 9.17) is 0 Å². The van der Waals surface area contributed by atoms with Gasteiger partial charge in [-0.15, -0.1) is 0 Å². The number of hydrogen-bond donors (Lipinski definition) is 0. The van der Waals surface area contributed by atoms with Crippen molar-refractivity contribution in [2.24, 2.45) is 0 Å². The van der Waals surface area contributed by atoms with Gasteiger partial charge >= 0.3 is 110 Å². The molecule has 0 radical (unpaired) electrons. The Kier molecular flexibility index (Phi) is 4.32. The van der Waals surface area contributed by atoms with Crippen molar-refractivity contribution >= 4 is 29.9 Å². The number of aromatic nitrogens is 2. The van der Waals surface area contributed by atoms with Gasteiger partial charge in [0.1, 0.15) is 0 Å². The fourth-order valence-electron chi connectivity index (χ4n) is 2.01. The SMILES string of the molecule is C=CCn1nc(C)c(C2[Se]CCC[Se]2)c1C. The van der Waals surface area contributed by atoms with E-state index in [1.165, 1.54) is 28.4 Å². The number of hydrogen-bond acceptors (Lipinski definition) is 1. The fraction of sp³-hybridized carbons (Fsp3) is 0.583. The quantitative estimate of drug-likeness (QED) is 0.606. The molecule has 1 aromatic rings. The molecule has 1 saturated heterocycles. The third-order valence-corrected chi connectivity index (χ3v) is 10.2. The van der Waals surface area contributed by atoms with E-state index in [-0.39, 0.29) is 0 Å². The molecule has 0 N–H and O–H groups in total. The van der Waals surface area contributed by atoms with Crippen LogP contribution in [0.4, 0.5) is 0 Å². The summed E-state index contributed by atoms with van der Waals surface area (Å²) in [7, 11) is 0. The zero-order valence-corrected chi connectivity index (χ0v) is 13.3. The standard InChI is InChI=1S/C12H18N2Se2/c1-4-6-14-10(3)11(9(2)13-14)12-15-7-5-8-16-12/h4,12H,1,5-8H2,2-3H3. The van der Waals surface area contributed by atoms with Crippen LogP contribution in [0.1, 0.15) is 27.1 Å². The van der Waals surface area contributed by atoms with Gasteiger partial charge in [0.15, 0.2) is 0 Å². The van der Waals surface area contributed by atoms with E-state index in [0.29, 0.717) is 0 Å². The summed E-state index contributed by atoms with van der Waals surface area (Å²) in [5, 5.41) is 7.57. The van der Waals surface area contributed by atoms with Gasteiger partial charge in [-0.05, 0) is 0 Å². The predicted molar refractivity (Wildman–Crippen MR) is 70.4 cm³/mol. The summed E-state index contributed by atoms with van der Waals surface area (Å²) in [6.07, 6.45) is 3.40. The molecule has 0 aliphatic carbocycles. The summed E-state index contributed by atoms with van der Waals surface area (Å²) in [6.45, 7) is 9.03. The van der Waals surface area contributed by atoms with Gasteiger partial charge < -0.3 is 0 Å². The van der Waals surface area contributed by atoms with Crippen molar-refractivity contribution in [2.45, 2.75) is 41.2 Å². The molecular formula is C12H18N2Se2. The molecule has 88 valence electrons. The molecule has 0 saturated carbocycles. The van der Waals surface area contributed by atoms with Crippen LogP contribution in [-0.2, 0) is 6.54 Å². The van der Waals surface area contributed by atoms with Crippen LogP contribution in [0.2, 0.25) is 10.6 Å². The van der Waals surface area contributed by atoms with Crippen LogP contribution in [0.15, 0.2) is 12.7 Å². The van der Waals surface area contributed by atoms with Crippen LogP contribution in [-0.4, -0.2) is 39.7 Å². The predicted octanol–water partition coefficient (Wildman–Crippen LogP) is 2.33. The van der Waals surface area contributed by atoms with Crippen molar-refractivity contribution in [3.63, 3.8) is 0 Å². The first-order valence-electron chi connectivity index (χ1n) is 5.62. The van der Waals surface area contributed by atoms with Crippen molar-refractivity contribution in [3.8, 4) is 0 Å². The molecule has 0 aromatic carbocycles. The van der Waals surface area contributed by atoms with Gasteiger partial charge in [0.2, 0.25) is 0 Å². The molecule has 1 fully saturated rings. The van der Waals surface area contributed by atoms with Crippen molar-refractivity contribution in [2.75, 3.05) is 0 Å². The molecule has 0 unspecified atom stereocenters. The molecule has 2 nitrogen and oxygen atoms in total. The summed E-state index contributed by atoms with van der Waals surface area (Å²) in [4.78, 5) is 0. The maximum absolute atomic E-state index is 4.64. The Morgan fingerprint density at radius 1 is 1.44 bits per heavy atom. The minimum absolute atomic E-state index is 0.815. The molecule has 1 aliphatic rings. The first-order chi connectivity index (χ1) is 7.74. The van der Waals surface area contributed by atoms with Crippen molar-refractivity contribution in [3.05, 3.63) is 29.6 Å². The van der Waals surface area contributed by atoms with Gasteiger partial charge in [0.25, 0.3) is 0 Å². The van der Waals surface area contributed by atoms with Crippen molar-refractivity contribution < 1.29 is 0 Å². The molecule has 2 rings (SSSR count). The van der Waals surface area contributed by atoms with Crippen molar-refractivity contribution in [1.82, 2.24) is 9.78 Å². The molecule has 2 heterocycles. The average Bonchev–Trinajstić information content (AvgIpc) is 2.56. The molecule has 0 bridgehead atoms. The number of rotatable bonds is 3. The Hall–Kier alpha value is -0.0110. The topological polar surface area (TPSA) is 17.8 Å². The van der Waals surface area contributed by atoms with Crippen LogP contribution in [0.3, 0.4) is 0 Å². The first-order valence-corrected chi connectivity index (χ1v) is 10.0. The number of nitrogens with zero attached hydrogens (tertiary/aromatic N) is 2. The van der Waals surface area contributed by atoms with Crippen LogP contribution in [0.5, 0.6) is 0 Å². The molecule has 16 heavy (non-hydrogen) atoms. The summed E-state index contributed by atoms with van der Waals surface area (Å²) in [5.74, 6) is 0. The first kappa shape index (κ1) is 12.4. The second-order valence-corrected chi connectivity index (χ2v) is 10.6. The van der Waals surface area contributed by atoms with E-state index in [1.807, 2.05) is 6.08 Å². The van der Waals surface area contributed by atoms with Gasteiger partial charge in [0, 0.05) is 0 Å². The summed E-state index contributed by atoms with van der Waals surface area (Å²) >= 11 is 1.63. The normalized spacial score (nSPS) is 17.6. The van der Waals surface area contributed by atoms with Crippen LogP contribution in [0.25, 0.3) is 0 Å². The van der Waals surface area contributed by atoms with E-state index in [2.05, 4.69) is 30.2 Å². The number of aryl methyl sites for hydroxylation is 1. The Bertz CT molecular complexity index is 379. The van der Waals surface area contributed by atoms with E-state index in [1.54, 1.807) is 5.56 Å². The average molecular weight is 348 g/mol. The molecule has 1 aromatic heterocycles. The van der Waals surface area contributed by atoms with Gasteiger partial charge in [-0.25, -0.2) is 0 Å². The van der Waals surface area contributed by atoms with E-state index < -0.39 is 0 Å². The monoisotopic (exact) mass is 350 g/mol. The summed E-state index contributed by atoms with van der Waals surface area (Å²) in [6, 6.07) is 0. The van der Waals surface area contributed by atoms with Crippen LogP contribution >= 0.6 is 0 Å². The third-order valence-electron chi connectivity index (χ3n) is 2.80. The van der Waals surface area contributed by atoms with Crippen LogP contribution in [0, 0.1) is 13.8 Å². The maximum atomic E-state index is 4.64. The zero-order chi connectivity index (χ0) is 11.5. The number of allylic oxidation sites excluding steroid dienone is 1. The summed E-state index contributed by atoms with van der Waals surface area (Å²) < 4.78 is 2.99. The molecule has 0 atom stereocenters. The Morgan fingerprint density at radius 3 is 2.75 bits per heavy atom. The Balaban J connectivity index is 2.28. The Labute approximate surface area is 110 Å². The van der Waals surface area contributed by atoms with Crippen LogP contribution < -0.4 is 0 Å². The summed E-state index contributed by atoms with van der Waals surface area (Å²) in [5.41, 5.74) is 4.21. The Morgan fingerprint density at radius 2 is 2.12 bits per heavy atom. The van der Waals surface area contributed by atoms with Gasteiger partial charge in [0.05, 0.1) is 0 Å². The third kappa shape index (κ3) is 2.46. The fourth-order valence-corrected chi connectivity index (χ4v) is 10.6. The zero-order valence-electron chi connectivity index (χ0n) is 9.90. The molecule has 0 amide bonds. The molecule has 0 spiro atoms.